The molecule has 10 heteroatoms. The Morgan fingerprint density at radius 1 is 1.25 bits per heavy atom. The molecule has 1 heterocycles. The number of hydrogen-bond acceptors (Lipinski definition) is 6. The van der Waals surface area contributed by atoms with Gasteiger partial charge in [-0.05, 0) is 59.8 Å². The van der Waals surface area contributed by atoms with E-state index in [0.29, 0.717) is 27.2 Å². The van der Waals surface area contributed by atoms with Crippen molar-refractivity contribution in [2.75, 3.05) is 25.6 Å². The van der Waals surface area contributed by atoms with Crippen molar-refractivity contribution in [3.05, 3.63) is 69.8 Å². The summed E-state index contributed by atoms with van der Waals surface area (Å²) in [5, 5.41) is 2.23. The zero-order valence-corrected chi connectivity index (χ0v) is 19.3. The van der Waals surface area contributed by atoms with Crippen molar-refractivity contribution >= 4 is 56.5 Å². The molecule has 3 amide bonds. The summed E-state index contributed by atoms with van der Waals surface area (Å²) in [6, 6.07) is 8.58. The van der Waals surface area contributed by atoms with Crippen molar-refractivity contribution in [3.63, 3.8) is 0 Å². The fourth-order valence-electron chi connectivity index (χ4n) is 2.74. The lowest BCUT2D eigenvalue weighted by molar-refractivity contribution is -0.122. The maximum Gasteiger partial charge on any atom is 0.293 e. The van der Waals surface area contributed by atoms with Crippen LogP contribution in [0.4, 0.5) is 14.9 Å². The molecule has 1 aliphatic rings. The number of carbonyl (C=O) groups excluding carboxylic acids is 3. The van der Waals surface area contributed by atoms with Crippen LogP contribution in [-0.4, -0.2) is 42.2 Å². The minimum Gasteiger partial charge on any atom is -0.493 e. The lowest BCUT2D eigenvalue weighted by Gasteiger charge is -2.13. The zero-order valence-electron chi connectivity index (χ0n) is 16.9. The second kappa shape index (κ2) is 10.5. The molecule has 1 aliphatic heterocycles. The summed E-state index contributed by atoms with van der Waals surface area (Å²) in [4.78, 5) is 37.9. The number of hydrogen-bond donors (Lipinski definition) is 1. The van der Waals surface area contributed by atoms with Gasteiger partial charge in [0.2, 0.25) is 0 Å². The van der Waals surface area contributed by atoms with Crippen molar-refractivity contribution in [2.24, 2.45) is 0 Å². The molecule has 1 saturated heterocycles. The Labute approximate surface area is 196 Å². The lowest BCUT2D eigenvalue weighted by atomic mass is 10.2. The summed E-state index contributed by atoms with van der Waals surface area (Å²) in [5.41, 5.74) is 1.03. The molecular formula is C22H18BrFN2O5S. The van der Waals surface area contributed by atoms with Gasteiger partial charge in [0.15, 0.2) is 18.1 Å². The summed E-state index contributed by atoms with van der Waals surface area (Å²) >= 11 is 4.26. The number of anilines is 1. The van der Waals surface area contributed by atoms with Crippen molar-refractivity contribution < 1.29 is 28.2 Å². The van der Waals surface area contributed by atoms with E-state index in [1.165, 1.54) is 37.5 Å². The fourth-order valence-corrected chi connectivity index (χ4v) is 4.01. The van der Waals surface area contributed by atoms with Gasteiger partial charge in [0, 0.05) is 16.7 Å². The number of nitrogens with zero attached hydrogens (tertiary/aromatic N) is 1. The van der Waals surface area contributed by atoms with Crippen LogP contribution < -0.4 is 14.8 Å². The number of nitrogens with one attached hydrogen (secondary N) is 1. The Morgan fingerprint density at radius 2 is 1.97 bits per heavy atom. The topological polar surface area (TPSA) is 84.9 Å². The highest BCUT2D eigenvalue weighted by atomic mass is 79.9. The van der Waals surface area contributed by atoms with E-state index in [1.54, 1.807) is 18.2 Å². The quantitative estimate of drug-likeness (QED) is 0.396. The highest BCUT2D eigenvalue weighted by Crippen LogP contribution is 2.38. The molecule has 0 unspecified atom stereocenters. The second-order valence-electron chi connectivity index (χ2n) is 6.45. The molecule has 1 N–H and O–H groups in total. The third-order valence-electron chi connectivity index (χ3n) is 4.24. The molecule has 7 nitrogen and oxygen atoms in total. The molecule has 2 aromatic rings. The first-order chi connectivity index (χ1) is 15.3. The number of rotatable bonds is 8. The number of amides is 3. The Kier molecular flexibility index (Phi) is 7.70. The maximum absolute atomic E-state index is 13.0. The maximum atomic E-state index is 13.0. The van der Waals surface area contributed by atoms with Crippen LogP contribution in [0.5, 0.6) is 11.5 Å². The predicted octanol–water partition coefficient (Wildman–Crippen LogP) is 4.84. The molecule has 166 valence electrons. The van der Waals surface area contributed by atoms with Crippen LogP contribution in [0.3, 0.4) is 0 Å². The Hall–Kier alpha value is -3.11. The summed E-state index contributed by atoms with van der Waals surface area (Å²) in [6.07, 6.45) is 3.06. The molecule has 0 spiro atoms. The smallest absolute Gasteiger partial charge is 0.293 e. The second-order valence-corrected chi connectivity index (χ2v) is 8.30. The number of methoxy groups -OCH3 is 1. The van der Waals surface area contributed by atoms with Gasteiger partial charge in [-0.3, -0.25) is 19.3 Å². The molecule has 0 saturated carbocycles. The van der Waals surface area contributed by atoms with E-state index in [1.807, 2.05) is 0 Å². The summed E-state index contributed by atoms with van der Waals surface area (Å²) < 4.78 is 24.5. The zero-order chi connectivity index (χ0) is 23.3. The Bertz CT molecular complexity index is 1100. The van der Waals surface area contributed by atoms with Crippen LogP contribution in [0.25, 0.3) is 6.08 Å². The number of halogens is 2. The van der Waals surface area contributed by atoms with E-state index in [2.05, 4.69) is 27.8 Å². The molecule has 0 bridgehead atoms. The normalized spacial score (nSPS) is 14.6. The largest absolute Gasteiger partial charge is 0.493 e. The highest BCUT2D eigenvalue weighted by Gasteiger charge is 2.34. The minimum absolute atomic E-state index is 0.138. The molecule has 0 atom stereocenters. The van der Waals surface area contributed by atoms with Gasteiger partial charge in [-0.25, -0.2) is 4.39 Å². The molecule has 0 radical (unpaired) electrons. The molecule has 0 aromatic heterocycles. The third-order valence-corrected chi connectivity index (χ3v) is 5.84. The number of carbonyl (C=O) groups is 3. The van der Waals surface area contributed by atoms with Crippen LogP contribution >= 0.6 is 27.7 Å². The van der Waals surface area contributed by atoms with Crippen LogP contribution in [0, 0.1) is 5.82 Å². The van der Waals surface area contributed by atoms with Gasteiger partial charge in [-0.2, -0.15) is 0 Å². The molecule has 3 rings (SSSR count). The average molecular weight is 521 g/mol. The first-order valence-corrected chi connectivity index (χ1v) is 10.9. The minimum atomic E-state index is -0.435. The van der Waals surface area contributed by atoms with Crippen LogP contribution in [0.2, 0.25) is 0 Å². The van der Waals surface area contributed by atoms with Gasteiger partial charge in [-0.1, -0.05) is 22.0 Å². The van der Waals surface area contributed by atoms with Gasteiger partial charge in [0.05, 0.1) is 12.0 Å². The van der Waals surface area contributed by atoms with E-state index in [0.717, 1.165) is 16.7 Å². The van der Waals surface area contributed by atoms with E-state index in [4.69, 9.17) is 9.47 Å². The first kappa shape index (κ1) is 23.6. The number of benzene rings is 2. The van der Waals surface area contributed by atoms with E-state index < -0.39 is 17.6 Å². The monoisotopic (exact) mass is 520 g/mol. The van der Waals surface area contributed by atoms with E-state index in [9.17, 15) is 18.8 Å². The van der Waals surface area contributed by atoms with Gasteiger partial charge < -0.3 is 14.8 Å². The lowest BCUT2D eigenvalue weighted by Crippen LogP contribution is -2.27. The fraction of sp³-hybridized carbons (Fsp3) is 0.136. The molecule has 32 heavy (non-hydrogen) atoms. The standard InChI is InChI=1S/C22H18BrFN2O5S/c1-3-8-26-21(28)19(32-22(26)29)10-13-9-17(30-2)18(11-16(13)23)31-12-20(27)25-15-6-4-14(24)5-7-15/h3-7,9-11H,1,8,12H2,2H3,(H,25,27)/b19-10+. The van der Waals surface area contributed by atoms with Crippen molar-refractivity contribution in [3.8, 4) is 11.5 Å². The van der Waals surface area contributed by atoms with Crippen molar-refractivity contribution in [1.82, 2.24) is 4.90 Å². The third kappa shape index (κ3) is 5.57. The Balaban J connectivity index is 1.73. The summed E-state index contributed by atoms with van der Waals surface area (Å²) in [5.74, 6) is -0.609. The van der Waals surface area contributed by atoms with Gasteiger partial charge in [0.25, 0.3) is 17.1 Å². The van der Waals surface area contributed by atoms with E-state index in [-0.39, 0.29) is 23.3 Å². The molecule has 0 aliphatic carbocycles. The number of ether oxygens (including phenoxy) is 2. The van der Waals surface area contributed by atoms with Crippen molar-refractivity contribution in [1.29, 1.82) is 0 Å². The summed E-state index contributed by atoms with van der Waals surface area (Å²) in [7, 11) is 1.44. The molecule has 1 fully saturated rings. The number of imide groups is 1. The Morgan fingerprint density at radius 3 is 2.62 bits per heavy atom. The van der Waals surface area contributed by atoms with Crippen LogP contribution in [0.15, 0.2) is 58.4 Å². The van der Waals surface area contributed by atoms with Gasteiger partial charge in [-0.15, -0.1) is 6.58 Å². The molecule has 2 aromatic carbocycles. The molecular weight excluding hydrogens is 503 g/mol. The van der Waals surface area contributed by atoms with Crippen LogP contribution in [0.1, 0.15) is 5.56 Å². The van der Waals surface area contributed by atoms with Gasteiger partial charge >= 0.3 is 0 Å². The predicted molar refractivity (Wildman–Crippen MR) is 124 cm³/mol. The highest BCUT2D eigenvalue weighted by molar-refractivity contribution is 9.10. The average Bonchev–Trinajstić information content (AvgIpc) is 3.03. The van der Waals surface area contributed by atoms with Gasteiger partial charge in [0.1, 0.15) is 5.82 Å². The summed E-state index contributed by atoms with van der Waals surface area (Å²) in [6.45, 7) is 3.38. The van der Waals surface area contributed by atoms with Crippen molar-refractivity contribution in [2.45, 2.75) is 0 Å². The van der Waals surface area contributed by atoms with E-state index >= 15 is 0 Å². The first-order valence-electron chi connectivity index (χ1n) is 9.24. The number of thioether (sulfide) groups is 1. The SMILES string of the molecule is C=CCN1C(=O)S/C(=C/c2cc(OC)c(OCC(=O)Nc3ccc(F)cc3)cc2Br)C1=O. The van der Waals surface area contributed by atoms with Crippen LogP contribution in [-0.2, 0) is 9.59 Å².